The van der Waals surface area contributed by atoms with Crippen LogP contribution in [0.4, 0.5) is 4.39 Å². The molecule has 1 amide bonds. The number of carbonyl (C=O) groups excluding carboxylic acids is 1. The van der Waals surface area contributed by atoms with Gasteiger partial charge in [-0.3, -0.25) is 9.69 Å². The van der Waals surface area contributed by atoms with Gasteiger partial charge >= 0.3 is 0 Å². The minimum atomic E-state index is -0.416. The normalized spacial score (nSPS) is 10.1. The van der Waals surface area contributed by atoms with Crippen molar-refractivity contribution in [3.05, 3.63) is 35.1 Å². The van der Waals surface area contributed by atoms with Crippen molar-refractivity contribution in [2.45, 2.75) is 13.5 Å². The lowest BCUT2D eigenvalue weighted by Crippen LogP contribution is -2.34. The highest BCUT2D eigenvalue weighted by Gasteiger charge is 2.07. The Hall–Kier alpha value is -1.90. The highest BCUT2D eigenvalue weighted by Crippen LogP contribution is 2.11. The van der Waals surface area contributed by atoms with Gasteiger partial charge in [-0.25, -0.2) is 4.39 Å². The van der Waals surface area contributed by atoms with Crippen LogP contribution < -0.4 is 5.32 Å². The SMILES string of the molecule is CCNC(=O)CN(C)Cc1ccc(F)c(C#CCO)c1. The number of nitrogens with one attached hydrogen (secondary N) is 1. The Bertz CT molecular complexity index is 520. The van der Waals surface area contributed by atoms with Gasteiger partial charge in [0.25, 0.3) is 0 Å². The van der Waals surface area contributed by atoms with Gasteiger partial charge in [-0.05, 0) is 31.7 Å². The first-order valence-corrected chi connectivity index (χ1v) is 6.40. The number of carbonyl (C=O) groups is 1. The van der Waals surface area contributed by atoms with Gasteiger partial charge in [0.2, 0.25) is 5.91 Å². The highest BCUT2D eigenvalue weighted by molar-refractivity contribution is 5.77. The van der Waals surface area contributed by atoms with Crippen LogP contribution in [0.1, 0.15) is 18.1 Å². The molecule has 0 spiro atoms. The third-order valence-corrected chi connectivity index (χ3v) is 2.57. The number of likely N-dealkylation sites (N-methyl/N-ethyl adjacent to an activating group) is 2. The highest BCUT2D eigenvalue weighted by atomic mass is 19.1. The zero-order valence-electron chi connectivity index (χ0n) is 11.7. The Balaban J connectivity index is 2.70. The first kappa shape index (κ1) is 16.2. The number of rotatable bonds is 5. The van der Waals surface area contributed by atoms with Crippen LogP contribution >= 0.6 is 0 Å². The van der Waals surface area contributed by atoms with Crippen LogP contribution in [0.15, 0.2) is 18.2 Å². The van der Waals surface area contributed by atoms with Crippen molar-refractivity contribution in [3.63, 3.8) is 0 Å². The lowest BCUT2D eigenvalue weighted by atomic mass is 10.1. The molecule has 1 aromatic carbocycles. The molecule has 0 bridgehead atoms. The molecule has 0 saturated heterocycles. The summed E-state index contributed by atoms with van der Waals surface area (Å²) in [5, 5.41) is 11.4. The van der Waals surface area contributed by atoms with E-state index in [4.69, 9.17) is 5.11 Å². The summed E-state index contributed by atoms with van der Waals surface area (Å²) in [6.07, 6.45) is 0. The van der Waals surface area contributed by atoms with Gasteiger partial charge in [0, 0.05) is 13.1 Å². The van der Waals surface area contributed by atoms with Gasteiger partial charge in [-0.15, -0.1) is 0 Å². The van der Waals surface area contributed by atoms with Gasteiger partial charge in [0.05, 0.1) is 12.1 Å². The van der Waals surface area contributed by atoms with E-state index >= 15 is 0 Å². The zero-order valence-corrected chi connectivity index (χ0v) is 11.7. The molecule has 0 atom stereocenters. The van der Waals surface area contributed by atoms with Crippen LogP contribution in [0.2, 0.25) is 0 Å². The maximum atomic E-state index is 13.5. The maximum Gasteiger partial charge on any atom is 0.234 e. The molecular formula is C15H19FN2O2. The van der Waals surface area contributed by atoms with Gasteiger partial charge in [0.15, 0.2) is 0 Å². The Morgan fingerprint density at radius 2 is 2.25 bits per heavy atom. The van der Waals surface area contributed by atoms with Crippen LogP contribution in [0.25, 0.3) is 0 Å². The largest absolute Gasteiger partial charge is 0.384 e. The fourth-order valence-electron chi connectivity index (χ4n) is 1.77. The quantitative estimate of drug-likeness (QED) is 0.781. The third-order valence-electron chi connectivity index (χ3n) is 2.57. The van der Waals surface area contributed by atoms with Crippen molar-refractivity contribution in [2.24, 2.45) is 0 Å². The Kier molecular flexibility index (Phi) is 6.71. The zero-order chi connectivity index (χ0) is 15.0. The van der Waals surface area contributed by atoms with Gasteiger partial charge in [-0.1, -0.05) is 17.9 Å². The van der Waals surface area contributed by atoms with E-state index in [0.29, 0.717) is 13.1 Å². The Morgan fingerprint density at radius 1 is 1.50 bits per heavy atom. The minimum Gasteiger partial charge on any atom is -0.384 e. The van der Waals surface area contributed by atoms with Crippen LogP contribution in [0.5, 0.6) is 0 Å². The number of amides is 1. The van der Waals surface area contributed by atoms with E-state index in [9.17, 15) is 9.18 Å². The van der Waals surface area contributed by atoms with E-state index in [-0.39, 0.29) is 24.6 Å². The van der Waals surface area contributed by atoms with E-state index in [0.717, 1.165) is 5.56 Å². The second-order valence-corrected chi connectivity index (χ2v) is 4.40. The molecule has 0 aliphatic rings. The standard InChI is InChI=1S/C15H19FN2O2/c1-3-17-15(20)11-18(2)10-12-6-7-14(16)13(9-12)5-4-8-19/h6-7,9,19H,3,8,10-11H2,1-2H3,(H,17,20). The fraction of sp³-hybridized carbons (Fsp3) is 0.400. The van der Waals surface area contributed by atoms with Crippen LogP contribution in [0.3, 0.4) is 0 Å². The summed E-state index contributed by atoms with van der Waals surface area (Å²) in [5.41, 5.74) is 1.11. The van der Waals surface area contributed by atoms with E-state index in [1.807, 2.05) is 18.9 Å². The fourth-order valence-corrected chi connectivity index (χ4v) is 1.77. The summed E-state index contributed by atoms with van der Waals surface area (Å²) in [6, 6.07) is 4.64. The summed E-state index contributed by atoms with van der Waals surface area (Å²) in [7, 11) is 1.82. The molecule has 0 radical (unpaired) electrons. The van der Waals surface area contributed by atoms with Crippen LogP contribution in [0, 0.1) is 17.7 Å². The predicted molar refractivity (Wildman–Crippen MR) is 75.4 cm³/mol. The van der Waals surface area contributed by atoms with Crippen molar-refractivity contribution in [1.29, 1.82) is 0 Å². The number of aliphatic hydroxyl groups is 1. The van der Waals surface area contributed by atoms with Gasteiger partial charge in [-0.2, -0.15) is 0 Å². The summed E-state index contributed by atoms with van der Waals surface area (Å²) < 4.78 is 13.5. The first-order valence-electron chi connectivity index (χ1n) is 6.40. The molecule has 1 aromatic rings. The predicted octanol–water partition coefficient (Wildman–Crippen LogP) is 0.737. The van der Waals surface area contributed by atoms with Crippen molar-refractivity contribution in [2.75, 3.05) is 26.7 Å². The Labute approximate surface area is 118 Å². The van der Waals surface area contributed by atoms with Gasteiger partial charge in [0.1, 0.15) is 12.4 Å². The summed E-state index contributed by atoms with van der Waals surface area (Å²) in [4.78, 5) is 13.3. The topological polar surface area (TPSA) is 52.6 Å². The maximum absolute atomic E-state index is 13.5. The molecule has 0 saturated carbocycles. The third kappa shape index (κ3) is 5.39. The van der Waals surface area contributed by atoms with Crippen molar-refractivity contribution in [1.82, 2.24) is 10.2 Å². The second-order valence-electron chi connectivity index (χ2n) is 4.40. The molecule has 4 nitrogen and oxygen atoms in total. The molecule has 0 unspecified atom stereocenters. The molecule has 1 rings (SSSR count). The number of hydrogen-bond donors (Lipinski definition) is 2. The second kappa shape index (κ2) is 8.31. The van der Waals surface area contributed by atoms with E-state index in [1.54, 1.807) is 12.1 Å². The average Bonchev–Trinajstić information content (AvgIpc) is 2.39. The lowest BCUT2D eigenvalue weighted by molar-refractivity contribution is -0.121. The molecule has 0 aliphatic carbocycles. The van der Waals surface area contributed by atoms with E-state index < -0.39 is 5.82 Å². The summed E-state index contributed by atoms with van der Waals surface area (Å²) >= 11 is 0. The number of halogens is 1. The molecular weight excluding hydrogens is 259 g/mol. The van der Waals surface area contributed by atoms with E-state index in [1.165, 1.54) is 6.07 Å². The number of aliphatic hydroxyl groups excluding tert-OH is 1. The molecule has 5 heteroatoms. The first-order chi connectivity index (χ1) is 9.56. The Morgan fingerprint density at radius 3 is 2.90 bits per heavy atom. The number of hydrogen-bond acceptors (Lipinski definition) is 3. The molecule has 0 fully saturated rings. The van der Waals surface area contributed by atoms with Crippen LogP contribution in [-0.4, -0.2) is 42.7 Å². The van der Waals surface area contributed by atoms with Gasteiger partial charge < -0.3 is 10.4 Å². The van der Waals surface area contributed by atoms with Crippen LogP contribution in [-0.2, 0) is 11.3 Å². The average molecular weight is 278 g/mol. The molecule has 2 N–H and O–H groups in total. The van der Waals surface area contributed by atoms with Crippen molar-refractivity contribution >= 4 is 5.91 Å². The van der Waals surface area contributed by atoms with Crippen molar-refractivity contribution in [3.8, 4) is 11.8 Å². The number of nitrogens with zero attached hydrogens (tertiary/aromatic N) is 1. The number of benzene rings is 1. The minimum absolute atomic E-state index is 0.0441. The smallest absolute Gasteiger partial charge is 0.234 e. The lowest BCUT2D eigenvalue weighted by Gasteiger charge is -2.16. The molecule has 0 aliphatic heterocycles. The monoisotopic (exact) mass is 278 g/mol. The molecule has 20 heavy (non-hydrogen) atoms. The van der Waals surface area contributed by atoms with Crippen molar-refractivity contribution < 1.29 is 14.3 Å². The molecule has 0 aromatic heterocycles. The summed E-state index contributed by atoms with van der Waals surface area (Å²) in [5.74, 6) is 4.53. The summed E-state index contributed by atoms with van der Waals surface area (Å²) in [6.45, 7) is 2.96. The molecule has 0 heterocycles. The van der Waals surface area contributed by atoms with E-state index in [2.05, 4.69) is 17.2 Å². The molecule has 108 valence electrons.